The zero-order valence-electron chi connectivity index (χ0n) is 32.2. The molecule has 7 atom stereocenters. The van der Waals surface area contributed by atoms with E-state index in [2.05, 4.69) is 20.8 Å². The van der Waals surface area contributed by atoms with E-state index in [0.29, 0.717) is 19.3 Å². The third-order valence-corrected chi connectivity index (χ3v) is 10.4. The molecule has 0 radical (unpaired) electrons. The van der Waals surface area contributed by atoms with E-state index in [0.717, 1.165) is 44.4 Å². The van der Waals surface area contributed by atoms with Gasteiger partial charge in [-0.3, -0.25) is 9.59 Å². The normalized spacial score (nSPS) is 21.2. The molecule has 0 heterocycles. The number of unbranched alkanes of at least 4 members (excludes halogenated alkanes) is 15. The second-order valence-corrected chi connectivity index (χ2v) is 15.0. The van der Waals surface area contributed by atoms with Gasteiger partial charge in [-0.1, -0.05) is 161 Å². The maximum atomic E-state index is 12.3. The van der Waals surface area contributed by atoms with Gasteiger partial charge in [0.2, 0.25) is 0 Å². The van der Waals surface area contributed by atoms with Crippen LogP contribution in [0.4, 0.5) is 0 Å². The number of allylic oxidation sites excluding steroid dienone is 1. The molecule has 0 aromatic heterocycles. The molecule has 1 fully saturated rings. The highest BCUT2D eigenvalue weighted by Crippen LogP contribution is 2.36. The molecular weight excluding hydrogens is 632 g/mol. The molecule has 292 valence electrons. The lowest BCUT2D eigenvalue weighted by atomic mass is 9.89. The van der Waals surface area contributed by atoms with Gasteiger partial charge in [0.25, 0.3) is 0 Å². The summed E-state index contributed by atoms with van der Waals surface area (Å²) in [5.41, 5.74) is 0. The van der Waals surface area contributed by atoms with Crippen molar-refractivity contribution in [3.8, 4) is 0 Å². The third-order valence-electron chi connectivity index (χ3n) is 10.4. The molecular formula is C42H76O8. The van der Waals surface area contributed by atoms with Gasteiger partial charge in [0.05, 0.1) is 31.3 Å². The van der Waals surface area contributed by atoms with Crippen LogP contribution in [-0.4, -0.2) is 70.0 Å². The van der Waals surface area contributed by atoms with Gasteiger partial charge in [-0.2, -0.15) is 0 Å². The molecule has 0 aromatic rings. The van der Waals surface area contributed by atoms with Crippen molar-refractivity contribution in [3.05, 3.63) is 24.3 Å². The van der Waals surface area contributed by atoms with Crippen LogP contribution in [0.5, 0.6) is 0 Å². The topological polar surface area (TPSA) is 134 Å². The lowest BCUT2D eigenvalue weighted by Crippen LogP contribution is -2.28. The Bertz CT molecular complexity index is 889. The van der Waals surface area contributed by atoms with E-state index in [1.807, 2.05) is 6.08 Å². The summed E-state index contributed by atoms with van der Waals surface area (Å²) in [7, 11) is 0. The molecule has 1 rings (SSSR count). The van der Waals surface area contributed by atoms with Gasteiger partial charge in [0, 0.05) is 18.8 Å². The van der Waals surface area contributed by atoms with E-state index in [9.17, 15) is 30.0 Å². The fourth-order valence-electron chi connectivity index (χ4n) is 6.80. The molecule has 0 aliphatic heterocycles. The monoisotopic (exact) mass is 709 g/mol. The molecule has 1 aliphatic rings. The Hall–Kier alpha value is -1.74. The summed E-state index contributed by atoms with van der Waals surface area (Å²) in [6.07, 6.45) is 29.3. The SMILES string of the molecule is CCCCC[C@@H](O)/C=C/[C@@H]1[C@H](C/C=C\CC(=O)O[C@@H](CO)COC(=O)CCCCCCCCCCCCCCCCC(C)CC)[C@@H](O)C[C@H]1O. The minimum absolute atomic E-state index is 0.0226. The first-order chi connectivity index (χ1) is 24.2. The van der Waals surface area contributed by atoms with Crippen LogP contribution in [0.25, 0.3) is 0 Å². The zero-order chi connectivity index (χ0) is 36.8. The number of carbonyl (C=O) groups is 2. The van der Waals surface area contributed by atoms with Gasteiger partial charge in [-0.05, 0) is 31.1 Å². The van der Waals surface area contributed by atoms with Crippen molar-refractivity contribution in [2.45, 2.75) is 199 Å². The molecule has 8 nitrogen and oxygen atoms in total. The van der Waals surface area contributed by atoms with E-state index < -0.39 is 37.0 Å². The molecule has 0 bridgehead atoms. The van der Waals surface area contributed by atoms with E-state index in [1.54, 1.807) is 18.2 Å². The molecule has 8 heteroatoms. The first kappa shape index (κ1) is 46.3. The first-order valence-electron chi connectivity index (χ1n) is 20.5. The number of carbonyl (C=O) groups excluding carboxylic acids is 2. The predicted molar refractivity (Wildman–Crippen MR) is 203 cm³/mol. The number of ether oxygens (including phenoxy) is 2. The summed E-state index contributed by atoms with van der Waals surface area (Å²) in [4.78, 5) is 24.5. The Morgan fingerprint density at radius 2 is 1.34 bits per heavy atom. The molecule has 0 spiro atoms. The van der Waals surface area contributed by atoms with Crippen LogP contribution in [0.3, 0.4) is 0 Å². The predicted octanol–water partition coefficient (Wildman–Crippen LogP) is 8.91. The van der Waals surface area contributed by atoms with Crippen LogP contribution in [0.1, 0.15) is 175 Å². The van der Waals surface area contributed by atoms with Crippen LogP contribution in [0, 0.1) is 17.8 Å². The molecule has 50 heavy (non-hydrogen) atoms. The van der Waals surface area contributed by atoms with Gasteiger partial charge in [0.15, 0.2) is 6.10 Å². The van der Waals surface area contributed by atoms with Crippen LogP contribution in [0.15, 0.2) is 24.3 Å². The van der Waals surface area contributed by atoms with Crippen molar-refractivity contribution < 1.29 is 39.5 Å². The number of hydrogen-bond acceptors (Lipinski definition) is 8. The van der Waals surface area contributed by atoms with E-state index >= 15 is 0 Å². The van der Waals surface area contributed by atoms with Crippen molar-refractivity contribution in [1.29, 1.82) is 0 Å². The van der Waals surface area contributed by atoms with Crippen molar-refractivity contribution in [1.82, 2.24) is 0 Å². The van der Waals surface area contributed by atoms with Gasteiger partial charge >= 0.3 is 11.9 Å². The maximum Gasteiger partial charge on any atom is 0.310 e. The summed E-state index contributed by atoms with van der Waals surface area (Å²) >= 11 is 0. The van der Waals surface area contributed by atoms with Crippen molar-refractivity contribution in [2.24, 2.45) is 17.8 Å². The zero-order valence-corrected chi connectivity index (χ0v) is 32.2. The summed E-state index contributed by atoms with van der Waals surface area (Å²) in [6, 6.07) is 0. The number of esters is 2. The standard InChI is InChI=1S/C42H76O8/c1-4-6-19-25-35(44)29-30-38-37(39(45)31-40(38)46)26-22-23-28-42(48)50-36(32-43)33-49-41(47)27-21-18-16-14-12-10-8-7-9-11-13-15-17-20-24-34(3)5-2/h22-23,29-30,34-40,43-46H,4-21,24-28,31-33H2,1-3H3/b23-22-,30-29+/t34?,35-,36+,37+,38-,39+,40-/m1/s1. The summed E-state index contributed by atoms with van der Waals surface area (Å²) in [6.45, 7) is 6.14. The molecule has 0 amide bonds. The minimum Gasteiger partial charge on any atom is -0.462 e. The second-order valence-electron chi connectivity index (χ2n) is 15.0. The summed E-state index contributed by atoms with van der Waals surface area (Å²) < 4.78 is 10.5. The van der Waals surface area contributed by atoms with Gasteiger partial charge < -0.3 is 29.9 Å². The smallest absolute Gasteiger partial charge is 0.310 e. The third kappa shape index (κ3) is 23.7. The van der Waals surface area contributed by atoms with E-state index in [1.165, 1.54) is 83.5 Å². The molecule has 1 aliphatic carbocycles. The number of rotatable bonds is 32. The summed E-state index contributed by atoms with van der Waals surface area (Å²) in [5, 5.41) is 40.7. The Kier molecular flexibility index (Phi) is 28.6. The largest absolute Gasteiger partial charge is 0.462 e. The van der Waals surface area contributed by atoms with E-state index in [-0.39, 0.29) is 37.3 Å². The highest BCUT2D eigenvalue weighted by Gasteiger charge is 2.39. The Balaban J connectivity index is 2.11. The lowest BCUT2D eigenvalue weighted by molar-refractivity contribution is -0.160. The Morgan fingerprint density at radius 1 is 0.760 bits per heavy atom. The quantitative estimate of drug-likeness (QED) is 0.0309. The highest BCUT2D eigenvalue weighted by atomic mass is 16.6. The molecule has 0 aromatic carbocycles. The maximum absolute atomic E-state index is 12.3. The van der Waals surface area contributed by atoms with Crippen LogP contribution in [-0.2, 0) is 19.1 Å². The number of hydrogen-bond donors (Lipinski definition) is 4. The average molecular weight is 709 g/mol. The molecule has 1 unspecified atom stereocenters. The summed E-state index contributed by atoms with van der Waals surface area (Å²) in [5.74, 6) is -0.492. The van der Waals surface area contributed by atoms with Crippen molar-refractivity contribution in [3.63, 3.8) is 0 Å². The number of aliphatic hydroxyl groups excluding tert-OH is 4. The Morgan fingerprint density at radius 3 is 1.92 bits per heavy atom. The van der Waals surface area contributed by atoms with Gasteiger partial charge in [-0.15, -0.1) is 0 Å². The average Bonchev–Trinajstić information content (AvgIpc) is 3.37. The molecule has 4 N–H and O–H groups in total. The van der Waals surface area contributed by atoms with Crippen LogP contribution in [0.2, 0.25) is 0 Å². The van der Waals surface area contributed by atoms with Gasteiger partial charge in [0.1, 0.15) is 6.61 Å². The van der Waals surface area contributed by atoms with Crippen LogP contribution >= 0.6 is 0 Å². The highest BCUT2D eigenvalue weighted by molar-refractivity contribution is 5.71. The fourth-order valence-corrected chi connectivity index (χ4v) is 6.80. The lowest BCUT2D eigenvalue weighted by Gasteiger charge is -2.19. The van der Waals surface area contributed by atoms with E-state index in [4.69, 9.17) is 9.47 Å². The number of aliphatic hydroxyl groups is 4. The Labute approximate surface area is 305 Å². The van der Waals surface area contributed by atoms with Crippen LogP contribution < -0.4 is 0 Å². The minimum atomic E-state index is -0.913. The fraction of sp³-hybridized carbons (Fsp3) is 0.857. The molecule has 0 saturated heterocycles. The second kappa shape index (κ2) is 30.8. The van der Waals surface area contributed by atoms with Gasteiger partial charge in [-0.25, -0.2) is 0 Å². The van der Waals surface area contributed by atoms with Crippen molar-refractivity contribution in [2.75, 3.05) is 13.2 Å². The first-order valence-corrected chi connectivity index (χ1v) is 20.5. The molecule has 1 saturated carbocycles. The van der Waals surface area contributed by atoms with Crippen molar-refractivity contribution >= 4 is 11.9 Å².